The molecule has 0 aliphatic carbocycles. The lowest BCUT2D eigenvalue weighted by Crippen LogP contribution is -2.54. The van der Waals surface area contributed by atoms with Crippen molar-refractivity contribution in [2.75, 3.05) is 13.9 Å². The Kier molecular flexibility index (Phi) is 8.51. The van der Waals surface area contributed by atoms with Crippen molar-refractivity contribution in [3.63, 3.8) is 0 Å². The molecule has 0 radical (unpaired) electrons. The fourth-order valence-electron chi connectivity index (χ4n) is 3.18. The molecule has 1 aromatic carbocycles. The van der Waals surface area contributed by atoms with Gasteiger partial charge in [0.1, 0.15) is 11.3 Å². The molecule has 160 valence electrons. The molecular formula is C20H30BNO7. The van der Waals surface area contributed by atoms with Gasteiger partial charge < -0.3 is 24.1 Å². The van der Waals surface area contributed by atoms with Crippen LogP contribution in [0.2, 0.25) is 0 Å². The summed E-state index contributed by atoms with van der Waals surface area (Å²) < 4.78 is 21.3. The zero-order chi connectivity index (χ0) is 21.4. The lowest BCUT2D eigenvalue weighted by Gasteiger charge is -2.30. The molecule has 0 fully saturated rings. The Morgan fingerprint density at radius 1 is 1.24 bits per heavy atom. The molecule has 9 heteroatoms. The fourth-order valence-corrected chi connectivity index (χ4v) is 3.18. The molecule has 1 N–H and O–H groups in total. The van der Waals surface area contributed by atoms with Crippen molar-refractivity contribution >= 4 is 25.0 Å². The second kappa shape index (κ2) is 10.9. The molecule has 0 spiro atoms. The maximum Gasteiger partial charge on any atom is 0.549 e. The zero-order valence-corrected chi connectivity index (χ0v) is 17.4. The van der Waals surface area contributed by atoms with Gasteiger partial charge in [-0.05, 0) is 30.9 Å². The van der Waals surface area contributed by atoms with E-state index in [0.717, 1.165) is 5.56 Å². The highest BCUT2D eigenvalue weighted by molar-refractivity contribution is 6.48. The van der Waals surface area contributed by atoms with Crippen LogP contribution in [0.5, 0.6) is 5.75 Å². The summed E-state index contributed by atoms with van der Waals surface area (Å²) in [6.07, 6.45) is 2.13. The number of rotatable bonds is 9. The van der Waals surface area contributed by atoms with Crippen molar-refractivity contribution in [1.29, 1.82) is 0 Å². The molecule has 2 rings (SSSR count). The van der Waals surface area contributed by atoms with Gasteiger partial charge in [0.05, 0.1) is 11.9 Å². The van der Waals surface area contributed by atoms with Crippen LogP contribution in [-0.2, 0) is 30.1 Å². The first kappa shape index (κ1) is 22.7. The molecule has 0 bridgehead atoms. The first-order valence-corrected chi connectivity index (χ1v) is 9.89. The van der Waals surface area contributed by atoms with Gasteiger partial charge in [-0.2, -0.15) is 0 Å². The minimum absolute atomic E-state index is 0. The van der Waals surface area contributed by atoms with Gasteiger partial charge >= 0.3 is 19.1 Å². The van der Waals surface area contributed by atoms with E-state index in [4.69, 9.17) is 18.8 Å². The largest absolute Gasteiger partial charge is 0.549 e. The molecule has 1 aromatic rings. The number of esters is 2. The minimum Gasteiger partial charge on any atom is -0.534 e. The van der Waals surface area contributed by atoms with E-state index in [-0.39, 0.29) is 30.7 Å². The van der Waals surface area contributed by atoms with Gasteiger partial charge in [0.2, 0.25) is 12.7 Å². The number of fused-ring (bicyclic) bond motifs is 1. The van der Waals surface area contributed by atoms with Gasteiger partial charge in [-0.3, -0.25) is 9.59 Å². The number of hydrogen-bond acceptors (Lipinski definition) is 7. The van der Waals surface area contributed by atoms with Crippen molar-refractivity contribution < 1.29 is 34.6 Å². The summed E-state index contributed by atoms with van der Waals surface area (Å²) in [7, 11) is 0.735. The normalized spacial score (nSPS) is 15.3. The number of hydrogen-bond donors (Lipinski definition) is 1. The van der Waals surface area contributed by atoms with Crippen LogP contribution in [0.4, 0.5) is 0 Å². The predicted molar refractivity (Wildman–Crippen MR) is 108 cm³/mol. The number of benzene rings is 1. The first-order chi connectivity index (χ1) is 13.9. The van der Waals surface area contributed by atoms with E-state index in [1.54, 1.807) is 19.1 Å². The summed E-state index contributed by atoms with van der Waals surface area (Å²) in [6.45, 7) is 5.11. The molecule has 0 unspecified atom stereocenters. The monoisotopic (exact) mass is 407 g/mol. The lowest BCUT2D eigenvalue weighted by atomic mass is 9.71. The number of carbonyl (C=O) groups excluding carboxylic acids is 3. The molecule has 1 heterocycles. The highest BCUT2D eigenvalue weighted by Crippen LogP contribution is 2.31. The Bertz CT molecular complexity index is 742. The average Bonchev–Trinajstić information content (AvgIpc) is 2.73. The topological polar surface area (TPSA) is 100 Å². The second-order valence-corrected chi connectivity index (χ2v) is 6.77. The summed E-state index contributed by atoms with van der Waals surface area (Å²) >= 11 is 0. The average molecular weight is 407 g/mol. The SMILES string of the molecule is CCC(=O)N[C@H]1Cc2cccc(C(=O)OCOC(=O)C(CC)CC)c2OB1OC.[HH]. The Morgan fingerprint density at radius 2 is 1.97 bits per heavy atom. The molecule has 1 amide bonds. The number of nitrogens with one attached hydrogen (secondary N) is 1. The minimum atomic E-state index is -0.736. The molecule has 0 saturated carbocycles. The van der Waals surface area contributed by atoms with E-state index in [0.29, 0.717) is 31.4 Å². The zero-order valence-electron chi connectivity index (χ0n) is 17.4. The third kappa shape index (κ3) is 5.73. The Balaban J connectivity index is 0.00000450. The van der Waals surface area contributed by atoms with Gasteiger partial charge in [0.15, 0.2) is 0 Å². The third-order valence-corrected chi connectivity index (χ3v) is 4.93. The van der Waals surface area contributed by atoms with Crippen molar-refractivity contribution in [1.82, 2.24) is 5.32 Å². The summed E-state index contributed by atoms with van der Waals surface area (Å²) in [5.41, 5.74) is 0.964. The standard InChI is InChI=1S/C20H28BNO7.H2/c1-5-13(6-2)19(24)27-12-28-20(25)15-10-8-9-14-11-16(22-17(23)7-3)21(26-4)29-18(14)15;/h8-10,13,16H,5-7,11-12H2,1-4H3,(H,22,23);1H/t16-;/m0./s1. The van der Waals surface area contributed by atoms with Crippen molar-refractivity contribution in [3.8, 4) is 5.75 Å². The van der Waals surface area contributed by atoms with Crippen LogP contribution in [0.1, 0.15) is 57.4 Å². The second-order valence-electron chi connectivity index (χ2n) is 6.77. The van der Waals surface area contributed by atoms with E-state index < -0.39 is 19.9 Å². The Morgan fingerprint density at radius 3 is 2.59 bits per heavy atom. The Hall–Kier alpha value is -2.55. The summed E-state index contributed by atoms with van der Waals surface area (Å²) in [5.74, 6) is -1.39. The van der Waals surface area contributed by atoms with Crippen LogP contribution in [0, 0.1) is 5.92 Å². The van der Waals surface area contributed by atoms with Crippen LogP contribution < -0.4 is 9.97 Å². The molecule has 29 heavy (non-hydrogen) atoms. The lowest BCUT2D eigenvalue weighted by molar-refractivity contribution is -0.157. The molecule has 1 atom stereocenters. The number of amides is 1. The highest BCUT2D eigenvalue weighted by Gasteiger charge is 2.39. The van der Waals surface area contributed by atoms with E-state index in [9.17, 15) is 14.4 Å². The van der Waals surface area contributed by atoms with Crippen LogP contribution in [-0.4, -0.2) is 44.8 Å². The Labute approximate surface area is 172 Å². The quantitative estimate of drug-likeness (QED) is 0.381. The van der Waals surface area contributed by atoms with Crippen molar-refractivity contribution in [3.05, 3.63) is 29.3 Å². The van der Waals surface area contributed by atoms with Crippen molar-refractivity contribution in [2.24, 2.45) is 5.92 Å². The number of para-hydroxylation sites is 1. The highest BCUT2D eigenvalue weighted by atomic mass is 16.7. The summed E-state index contributed by atoms with van der Waals surface area (Å²) in [4.78, 5) is 36.2. The summed E-state index contributed by atoms with van der Waals surface area (Å²) in [6, 6.07) is 5.10. The molecule has 0 saturated heterocycles. The van der Waals surface area contributed by atoms with E-state index in [1.165, 1.54) is 7.11 Å². The molecule has 1 aliphatic rings. The fraction of sp³-hybridized carbons (Fsp3) is 0.550. The van der Waals surface area contributed by atoms with Gasteiger partial charge in [-0.15, -0.1) is 0 Å². The van der Waals surface area contributed by atoms with Crippen LogP contribution in [0.15, 0.2) is 18.2 Å². The summed E-state index contributed by atoms with van der Waals surface area (Å²) in [5, 5.41) is 2.86. The van der Waals surface area contributed by atoms with E-state index in [2.05, 4.69) is 5.32 Å². The van der Waals surface area contributed by atoms with E-state index >= 15 is 0 Å². The van der Waals surface area contributed by atoms with E-state index in [1.807, 2.05) is 19.9 Å². The number of ether oxygens (including phenoxy) is 2. The molecule has 8 nitrogen and oxygen atoms in total. The third-order valence-electron chi connectivity index (χ3n) is 4.93. The smallest absolute Gasteiger partial charge is 0.534 e. The van der Waals surface area contributed by atoms with Crippen LogP contribution >= 0.6 is 0 Å². The van der Waals surface area contributed by atoms with Gasteiger partial charge in [-0.25, -0.2) is 4.79 Å². The molecular weight excluding hydrogens is 377 g/mol. The van der Waals surface area contributed by atoms with Crippen molar-refractivity contribution in [2.45, 2.75) is 52.4 Å². The van der Waals surface area contributed by atoms with Crippen LogP contribution in [0.25, 0.3) is 0 Å². The van der Waals surface area contributed by atoms with Gasteiger partial charge in [0.25, 0.3) is 0 Å². The predicted octanol–water partition coefficient (Wildman–Crippen LogP) is 2.53. The molecule has 0 aromatic heterocycles. The molecule has 1 aliphatic heterocycles. The maximum absolute atomic E-state index is 12.5. The van der Waals surface area contributed by atoms with Gasteiger partial charge in [0, 0.05) is 15.0 Å². The van der Waals surface area contributed by atoms with Gasteiger partial charge in [-0.1, -0.05) is 32.9 Å². The van der Waals surface area contributed by atoms with Crippen LogP contribution in [0.3, 0.4) is 0 Å². The number of carbonyl (C=O) groups is 3. The maximum atomic E-state index is 12.5. The first-order valence-electron chi connectivity index (χ1n) is 9.89.